The summed E-state index contributed by atoms with van der Waals surface area (Å²) < 4.78 is 0. The number of hydrogen-bond donors (Lipinski definition) is 0. The van der Waals surface area contributed by atoms with Gasteiger partial charge in [-0.2, -0.15) is 0 Å². The number of aryl methyl sites for hydroxylation is 1. The molecule has 1 aromatic carbocycles. The Morgan fingerprint density at radius 2 is 1.41 bits per heavy atom. The van der Waals surface area contributed by atoms with E-state index in [1.807, 2.05) is 0 Å². The lowest BCUT2D eigenvalue weighted by Gasteiger charge is -2.21. The fourth-order valence-corrected chi connectivity index (χ4v) is 3.01. The van der Waals surface area contributed by atoms with Crippen LogP contribution in [-0.2, 0) is 6.42 Å². The molecule has 0 aromatic heterocycles. The topological polar surface area (TPSA) is 6.48 Å². The Labute approximate surface area is 136 Å². The molecule has 0 N–H and O–H groups in total. The van der Waals surface area contributed by atoms with E-state index in [0.717, 1.165) is 6.67 Å². The molecular weight excluding hydrogens is 268 g/mol. The fraction of sp³-hybridized carbons (Fsp3) is 0.600. The van der Waals surface area contributed by atoms with Crippen molar-refractivity contribution in [3.05, 3.63) is 48.3 Å². The van der Waals surface area contributed by atoms with E-state index in [9.17, 15) is 0 Å². The van der Waals surface area contributed by atoms with Crippen molar-refractivity contribution in [3.63, 3.8) is 0 Å². The summed E-state index contributed by atoms with van der Waals surface area (Å²) in [6.45, 7) is 5.79. The predicted octanol–water partition coefficient (Wildman–Crippen LogP) is 5.03. The maximum absolute atomic E-state index is 2.46. The van der Waals surface area contributed by atoms with Gasteiger partial charge in [0.15, 0.2) is 0 Å². The minimum Gasteiger partial charge on any atom is -0.359 e. The summed E-state index contributed by atoms with van der Waals surface area (Å²) in [4.78, 5) is 4.92. The van der Waals surface area contributed by atoms with Crippen LogP contribution in [0.25, 0.3) is 0 Å². The molecular formula is C20H32N2. The zero-order chi connectivity index (χ0) is 15.5. The Bertz CT molecular complexity index is 413. The predicted molar refractivity (Wildman–Crippen MR) is 95.6 cm³/mol. The van der Waals surface area contributed by atoms with E-state index < -0.39 is 0 Å². The lowest BCUT2D eigenvalue weighted by molar-refractivity contribution is 0.258. The average Bonchev–Trinajstić information content (AvgIpc) is 3.00. The smallest absolute Gasteiger partial charge is 0.0893 e. The van der Waals surface area contributed by atoms with Crippen molar-refractivity contribution < 1.29 is 0 Å². The standard InChI is InChI=1S/C20H32N2/c1-2-3-4-5-10-15-21-17-18-22(19-21)16-11-9-14-20-12-7-6-8-13-20/h6-8,12-13,17-18H,2-5,9-11,14-16,19H2,1H3. The molecule has 2 rings (SSSR count). The zero-order valence-electron chi connectivity index (χ0n) is 14.2. The van der Waals surface area contributed by atoms with Gasteiger partial charge in [0.1, 0.15) is 0 Å². The van der Waals surface area contributed by atoms with Crippen molar-refractivity contribution in [1.82, 2.24) is 9.80 Å². The fourth-order valence-electron chi connectivity index (χ4n) is 3.01. The molecule has 0 radical (unpaired) electrons. The van der Waals surface area contributed by atoms with Crippen LogP contribution in [0.15, 0.2) is 42.7 Å². The first-order chi connectivity index (χ1) is 10.9. The molecule has 0 fully saturated rings. The summed E-state index contributed by atoms with van der Waals surface area (Å²) in [6, 6.07) is 10.8. The Hall–Kier alpha value is -1.44. The highest BCUT2D eigenvalue weighted by Gasteiger charge is 2.10. The van der Waals surface area contributed by atoms with Gasteiger partial charge in [-0.05, 0) is 31.2 Å². The maximum atomic E-state index is 2.46. The van der Waals surface area contributed by atoms with Gasteiger partial charge in [0, 0.05) is 25.5 Å². The van der Waals surface area contributed by atoms with Crippen LogP contribution in [-0.4, -0.2) is 29.6 Å². The van der Waals surface area contributed by atoms with Gasteiger partial charge in [-0.1, -0.05) is 62.9 Å². The highest BCUT2D eigenvalue weighted by Crippen LogP contribution is 2.12. The molecule has 2 heteroatoms. The Balaban J connectivity index is 1.49. The molecule has 2 nitrogen and oxygen atoms in total. The molecule has 1 aliphatic heterocycles. The lowest BCUT2D eigenvalue weighted by Crippen LogP contribution is -2.26. The second kappa shape index (κ2) is 10.3. The summed E-state index contributed by atoms with van der Waals surface area (Å²) in [6.07, 6.45) is 15.2. The van der Waals surface area contributed by atoms with E-state index in [2.05, 4.69) is 59.5 Å². The van der Waals surface area contributed by atoms with Crippen LogP contribution < -0.4 is 0 Å². The minimum absolute atomic E-state index is 1.10. The molecule has 1 heterocycles. The Kier molecular flexibility index (Phi) is 7.93. The molecule has 0 saturated heterocycles. The molecule has 1 aromatic rings. The third-order valence-corrected chi connectivity index (χ3v) is 4.40. The molecule has 0 unspecified atom stereocenters. The van der Waals surface area contributed by atoms with Crippen molar-refractivity contribution in [2.45, 2.75) is 58.3 Å². The van der Waals surface area contributed by atoms with Crippen molar-refractivity contribution >= 4 is 0 Å². The molecule has 0 bridgehead atoms. The highest BCUT2D eigenvalue weighted by atomic mass is 15.3. The van der Waals surface area contributed by atoms with Crippen LogP contribution in [0.5, 0.6) is 0 Å². The van der Waals surface area contributed by atoms with Crippen molar-refractivity contribution in [1.29, 1.82) is 0 Å². The highest BCUT2D eigenvalue weighted by molar-refractivity contribution is 5.14. The van der Waals surface area contributed by atoms with Gasteiger partial charge in [0.2, 0.25) is 0 Å². The van der Waals surface area contributed by atoms with E-state index in [1.54, 1.807) is 0 Å². The molecule has 0 aliphatic carbocycles. The molecule has 0 saturated carbocycles. The summed E-state index contributed by atoms with van der Waals surface area (Å²) in [5.41, 5.74) is 1.47. The van der Waals surface area contributed by atoms with Crippen LogP contribution in [0.1, 0.15) is 57.4 Å². The molecule has 0 amide bonds. The van der Waals surface area contributed by atoms with Crippen molar-refractivity contribution in [3.8, 4) is 0 Å². The first kappa shape index (κ1) is 16.9. The van der Waals surface area contributed by atoms with E-state index in [0.29, 0.717) is 0 Å². The number of unbranched alkanes of at least 4 members (excludes halogenated alkanes) is 5. The first-order valence-electron chi connectivity index (χ1n) is 9.09. The van der Waals surface area contributed by atoms with Crippen LogP contribution in [0.2, 0.25) is 0 Å². The van der Waals surface area contributed by atoms with E-state index in [1.165, 1.54) is 70.0 Å². The Morgan fingerprint density at radius 1 is 0.773 bits per heavy atom. The number of hydrogen-bond acceptors (Lipinski definition) is 2. The quantitative estimate of drug-likeness (QED) is 0.529. The SMILES string of the molecule is CCCCCCCN1C=CN(CCCCc2ccccc2)C1. The van der Waals surface area contributed by atoms with Gasteiger partial charge in [-0.25, -0.2) is 0 Å². The van der Waals surface area contributed by atoms with Gasteiger partial charge in [0.25, 0.3) is 0 Å². The summed E-state index contributed by atoms with van der Waals surface area (Å²) >= 11 is 0. The number of nitrogens with zero attached hydrogens (tertiary/aromatic N) is 2. The zero-order valence-corrected chi connectivity index (χ0v) is 14.2. The Morgan fingerprint density at radius 3 is 2.09 bits per heavy atom. The molecule has 0 spiro atoms. The van der Waals surface area contributed by atoms with Gasteiger partial charge in [0.05, 0.1) is 6.67 Å². The van der Waals surface area contributed by atoms with Crippen LogP contribution in [0.3, 0.4) is 0 Å². The third kappa shape index (κ3) is 6.55. The number of rotatable bonds is 11. The summed E-state index contributed by atoms with van der Waals surface area (Å²) in [7, 11) is 0. The molecule has 0 atom stereocenters. The second-order valence-electron chi connectivity index (χ2n) is 6.42. The van der Waals surface area contributed by atoms with Gasteiger partial charge < -0.3 is 9.80 Å². The molecule has 22 heavy (non-hydrogen) atoms. The summed E-state index contributed by atoms with van der Waals surface area (Å²) in [5, 5.41) is 0. The van der Waals surface area contributed by atoms with Crippen molar-refractivity contribution in [2.75, 3.05) is 19.8 Å². The lowest BCUT2D eigenvalue weighted by atomic mass is 10.1. The molecule has 1 aliphatic rings. The monoisotopic (exact) mass is 300 g/mol. The van der Waals surface area contributed by atoms with Crippen molar-refractivity contribution in [2.24, 2.45) is 0 Å². The normalized spacial score (nSPS) is 14.0. The minimum atomic E-state index is 1.10. The maximum Gasteiger partial charge on any atom is 0.0893 e. The van der Waals surface area contributed by atoms with Gasteiger partial charge >= 0.3 is 0 Å². The number of benzene rings is 1. The largest absolute Gasteiger partial charge is 0.359 e. The first-order valence-corrected chi connectivity index (χ1v) is 9.09. The summed E-state index contributed by atoms with van der Waals surface area (Å²) in [5.74, 6) is 0. The van der Waals surface area contributed by atoms with Gasteiger partial charge in [-0.15, -0.1) is 0 Å². The van der Waals surface area contributed by atoms with Crippen LogP contribution in [0.4, 0.5) is 0 Å². The van der Waals surface area contributed by atoms with E-state index >= 15 is 0 Å². The third-order valence-electron chi connectivity index (χ3n) is 4.40. The van der Waals surface area contributed by atoms with E-state index in [-0.39, 0.29) is 0 Å². The average molecular weight is 300 g/mol. The molecule has 122 valence electrons. The van der Waals surface area contributed by atoms with Crippen LogP contribution >= 0.6 is 0 Å². The van der Waals surface area contributed by atoms with E-state index in [4.69, 9.17) is 0 Å². The second-order valence-corrected chi connectivity index (χ2v) is 6.42. The van der Waals surface area contributed by atoms with Crippen LogP contribution in [0, 0.1) is 0 Å². The van der Waals surface area contributed by atoms with Gasteiger partial charge in [-0.3, -0.25) is 0 Å².